The van der Waals surface area contributed by atoms with E-state index in [-0.39, 0.29) is 12.1 Å². The van der Waals surface area contributed by atoms with E-state index in [4.69, 9.17) is 0 Å². The molecule has 4 nitrogen and oxygen atoms in total. The van der Waals surface area contributed by atoms with Gasteiger partial charge in [-0.1, -0.05) is 25.1 Å². The molecular formula is C15H23N3O. The summed E-state index contributed by atoms with van der Waals surface area (Å²) in [7, 11) is 0. The van der Waals surface area contributed by atoms with Crippen molar-refractivity contribution in [3.8, 4) is 0 Å². The number of nitrogens with one attached hydrogen (secondary N) is 2. The number of fused-ring (bicyclic) bond motifs is 1. The van der Waals surface area contributed by atoms with Crippen molar-refractivity contribution in [2.75, 3.05) is 18.0 Å². The lowest BCUT2D eigenvalue weighted by atomic mass is 9.96. The summed E-state index contributed by atoms with van der Waals surface area (Å²) in [6.07, 6.45) is 0.955. The van der Waals surface area contributed by atoms with Crippen molar-refractivity contribution in [2.45, 2.75) is 39.3 Å². The quantitative estimate of drug-likeness (QED) is 0.878. The number of amides is 2. The minimum atomic E-state index is -0.00241. The van der Waals surface area contributed by atoms with Gasteiger partial charge in [-0.3, -0.25) is 4.90 Å². The molecule has 1 heterocycles. The fourth-order valence-electron chi connectivity index (χ4n) is 2.56. The molecule has 2 N–H and O–H groups in total. The minimum Gasteiger partial charge on any atom is -0.336 e. The van der Waals surface area contributed by atoms with Gasteiger partial charge in [0.25, 0.3) is 0 Å². The topological polar surface area (TPSA) is 44.4 Å². The number of hydrogen-bond donors (Lipinski definition) is 2. The number of hydrogen-bond acceptors (Lipinski definition) is 2. The van der Waals surface area contributed by atoms with Crippen LogP contribution in [0.5, 0.6) is 0 Å². The van der Waals surface area contributed by atoms with Crippen molar-refractivity contribution in [3.05, 3.63) is 29.8 Å². The van der Waals surface area contributed by atoms with Gasteiger partial charge in [0.2, 0.25) is 0 Å². The zero-order valence-corrected chi connectivity index (χ0v) is 11.9. The van der Waals surface area contributed by atoms with Crippen LogP contribution in [0.4, 0.5) is 10.5 Å². The van der Waals surface area contributed by atoms with Crippen LogP contribution in [0.15, 0.2) is 24.3 Å². The van der Waals surface area contributed by atoms with Gasteiger partial charge in [-0.05, 0) is 38.4 Å². The summed E-state index contributed by atoms with van der Waals surface area (Å²) in [5.41, 5.74) is 2.24. The first-order valence-electron chi connectivity index (χ1n) is 7.03. The van der Waals surface area contributed by atoms with Crippen molar-refractivity contribution in [1.29, 1.82) is 0 Å². The average Bonchev–Trinajstić information content (AvgIpc) is 2.38. The molecule has 0 bridgehead atoms. The second kappa shape index (κ2) is 6.06. The largest absolute Gasteiger partial charge is 0.336 e. The van der Waals surface area contributed by atoms with Gasteiger partial charge < -0.3 is 10.6 Å². The van der Waals surface area contributed by atoms with E-state index in [1.54, 1.807) is 0 Å². The highest BCUT2D eigenvalue weighted by Gasteiger charge is 2.27. The highest BCUT2D eigenvalue weighted by Crippen LogP contribution is 2.33. The maximum Gasteiger partial charge on any atom is 0.322 e. The first-order valence-corrected chi connectivity index (χ1v) is 7.03. The SMILES string of the molecule is CCNC1CCN(C(=O)NC(C)C)c2ccccc21. The summed E-state index contributed by atoms with van der Waals surface area (Å²) < 4.78 is 0. The third-order valence-electron chi connectivity index (χ3n) is 3.35. The van der Waals surface area contributed by atoms with Crippen LogP contribution in [0, 0.1) is 0 Å². The van der Waals surface area contributed by atoms with Gasteiger partial charge in [0, 0.05) is 18.6 Å². The molecule has 104 valence electrons. The molecule has 0 saturated carbocycles. The third-order valence-corrected chi connectivity index (χ3v) is 3.35. The normalized spacial score (nSPS) is 18.3. The number of rotatable bonds is 3. The van der Waals surface area contributed by atoms with E-state index >= 15 is 0 Å². The Labute approximate surface area is 115 Å². The fraction of sp³-hybridized carbons (Fsp3) is 0.533. The van der Waals surface area contributed by atoms with Crippen LogP contribution in [0.25, 0.3) is 0 Å². The zero-order chi connectivity index (χ0) is 13.8. The van der Waals surface area contributed by atoms with Crippen LogP contribution in [0.1, 0.15) is 38.8 Å². The van der Waals surface area contributed by atoms with Gasteiger partial charge in [0.15, 0.2) is 0 Å². The monoisotopic (exact) mass is 261 g/mol. The van der Waals surface area contributed by atoms with E-state index in [9.17, 15) is 4.79 Å². The molecule has 0 aliphatic carbocycles. The molecule has 1 aromatic rings. The number of para-hydroxylation sites is 1. The maximum absolute atomic E-state index is 12.2. The van der Waals surface area contributed by atoms with Crippen LogP contribution in [-0.4, -0.2) is 25.2 Å². The highest BCUT2D eigenvalue weighted by atomic mass is 16.2. The van der Waals surface area contributed by atoms with Crippen LogP contribution in [0.2, 0.25) is 0 Å². The third kappa shape index (κ3) is 3.07. The Kier molecular flexibility index (Phi) is 4.43. The van der Waals surface area contributed by atoms with E-state index in [2.05, 4.69) is 23.6 Å². The smallest absolute Gasteiger partial charge is 0.322 e. The molecular weight excluding hydrogens is 238 g/mol. The van der Waals surface area contributed by atoms with Gasteiger partial charge in [-0.15, -0.1) is 0 Å². The number of urea groups is 1. The standard InChI is InChI=1S/C15H23N3O/c1-4-16-13-9-10-18(15(19)17-11(2)3)14-8-6-5-7-12(13)14/h5-8,11,13,16H,4,9-10H2,1-3H3,(H,17,19). The Hall–Kier alpha value is -1.55. The second-order valence-electron chi connectivity index (χ2n) is 5.21. The molecule has 0 radical (unpaired) electrons. The van der Waals surface area contributed by atoms with Crippen molar-refractivity contribution < 1.29 is 4.79 Å². The zero-order valence-electron chi connectivity index (χ0n) is 11.9. The first kappa shape index (κ1) is 13.9. The van der Waals surface area contributed by atoms with E-state index < -0.39 is 0 Å². The molecule has 1 aromatic carbocycles. The minimum absolute atomic E-state index is 0.00241. The molecule has 4 heteroatoms. The van der Waals surface area contributed by atoms with Crippen LogP contribution in [-0.2, 0) is 0 Å². The summed E-state index contributed by atoms with van der Waals surface area (Å²) in [5.74, 6) is 0. The van der Waals surface area contributed by atoms with Gasteiger partial charge in [-0.25, -0.2) is 4.79 Å². The molecule has 0 saturated heterocycles. The van der Waals surface area contributed by atoms with Crippen LogP contribution in [0.3, 0.4) is 0 Å². The molecule has 1 aliphatic rings. The molecule has 1 unspecified atom stereocenters. The van der Waals surface area contributed by atoms with Gasteiger partial charge in [0.1, 0.15) is 0 Å². The van der Waals surface area contributed by atoms with E-state index in [1.165, 1.54) is 5.56 Å². The molecule has 0 aromatic heterocycles. The Morgan fingerprint density at radius 1 is 1.42 bits per heavy atom. The van der Waals surface area contributed by atoms with Crippen LogP contribution >= 0.6 is 0 Å². The van der Waals surface area contributed by atoms with Gasteiger partial charge >= 0.3 is 6.03 Å². The lowest BCUT2D eigenvalue weighted by molar-refractivity contribution is 0.243. The Balaban J connectivity index is 2.25. The Morgan fingerprint density at radius 2 is 2.16 bits per heavy atom. The summed E-state index contributed by atoms with van der Waals surface area (Å²) in [6, 6.07) is 8.67. The maximum atomic E-state index is 12.2. The van der Waals surface area contributed by atoms with Crippen molar-refractivity contribution in [2.24, 2.45) is 0 Å². The molecule has 1 atom stereocenters. The molecule has 1 aliphatic heterocycles. The average molecular weight is 261 g/mol. The molecule has 2 amide bonds. The van der Waals surface area contributed by atoms with Crippen molar-refractivity contribution in [1.82, 2.24) is 10.6 Å². The lowest BCUT2D eigenvalue weighted by Crippen LogP contribution is -2.47. The van der Waals surface area contributed by atoms with E-state index in [0.29, 0.717) is 6.04 Å². The fourth-order valence-corrected chi connectivity index (χ4v) is 2.56. The van der Waals surface area contributed by atoms with E-state index in [1.807, 2.05) is 36.9 Å². The number of carbonyl (C=O) groups is 1. The first-order chi connectivity index (χ1) is 9.13. The van der Waals surface area contributed by atoms with E-state index in [0.717, 1.165) is 25.2 Å². The summed E-state index contributed by atoms with van der Waals surface area (Å²) in [4.78, 5) is 14.1. The van der Waals surface area contributed by atoms with Crippen molar-refractivity contribution >= 4 is 11.7 Å². The lowest BCUT2D eigenvalue weighted by Gasteiger charge is -2.35. The summed E-state index contributed by atoms with van der Waals surface area (Å²) >= 11 is 0. The van der Waals surface area contributed by atoms with Gasteiger partial charge in [0.05, 0.1) is 5.69 Å². The number of anilines is 1. The van der Waals surface area contributed by atoms with Gasteiger partial charge in [-0.2, -0.15) is 0 Å². The number of benzene rings is 1. The molecule has 0 spiro atoms. The highest BCUT2D eigenvalue weighted by molar-refractivity contribution is 5.93. The predicted molar refractivity (Wildman–Crippen MR) is 78.5 cm³/mol. The number of nitrogens with zero attached hydrogens (tertiary/aromatic N) is 1. The second-order valence-corrected chi connectivity index (χ2v) is 5.21. The summed E-state index contributed by atoms with van der Waals surface area (Å²) in [5, 5.41) is 6.45. The summed E-state index contributed by atoms with van der Waals surface area (Å²) in [6.45, 7) is 7.77. The number of carbonyl (C=O) groups excluding carboxylic acids is 1. The molecule has 2 rings (SSSR count). The molecule has 19 heavy (non-hydrogen) atoms. The predicted octanol–water partition coefficient (Wildman–Crippen LogP) is 2.67. The Morgan fingerprint density at radius 3 is 2.84 bits per heavy atom. The Bertz CT molecular complexity index is 445. The van der Waals surface area contributed by atoms with Crippen molar-refractivity contribution in [3.63, 3.8) is 0 Å². The molecule has 0 fully saturated rings. The van der Waals surface area contributed by atoms with Crippen LogP contribution < -0.4 is 15.5 Å².